The van der Waals surface area contributed by atoms with Gasteiger partial charge in [0.15, 0.2) is 5.11 Å². The van der Waals surface area contributed by atoms with E-state index in [0.717, 1.165) is 36.2 Å². The van der Waals surface area contributed by atoms with Crippen molar-refractivity contribution in [2.45, 2.75) is 25.3 Å². The molecule has 0 aliphatic carbocycles. The Labute approximate surface area is 151 Å². The summed E-state index contributed by atoms with van der Waals surface area (Å²) in [5.74, 6) is -0.191. The van der Waals surface area contributed by atoms with Gasteiger partial charge in [0.25, 0.3) is 0 Å². The predicted octanol–water partition coefficient (Wildman–Crippen LogP) is 3.78. The van der Waals surface area contributed by atoms with Crippen LogP contribution in [0.5, 0.6) is 0 Å². The number of amides is 1. The zero-order valence-electron chi connectivity index (χ0n) is 13.2. The van der Waals surface area contributed by atoms with Gasteiger partial charge < -0.3 is 4.90 Å². The van der Waals surface area contributed by atoms with E-state index in [2.05, 4.69) is 21.3 Å². The molecule has 124 valence electrons. The fourth-order valence-corrected chi connectivity index (χ4v) is 3.79. The van der Waals surface area contributed by atoms with Crippen molar-refractivity contribution in [3.05, 3.63) is 58.6 Å². The number of aromatic nitrogens is 1. The summed E-state index contributed by atoms with van der Waals surface area (Å²) in [7, 11) is 0. The molecule has 2 aromatic heterocycles. The molecular formula is C18H19N3OS2. The molecule has 1 aliphatic rings. The van der Waals surface area contributed by atoms with Gasteiger partial charge >= 0.3 is 0 Å². The summed E-state index contributed by atoms with van der Waals surface area (Å²) in [5.41, 5.74) is 1.14. The third-order valence-corrected chi connectivity index (χ3v) is 5.18. The Morgan fingerprint density at radius 1 is 1.38 bits per heavy atom. The highest BCUT2D eigenvalue weighted by atomic mass is 32.1. The topological polar surface area (TPSA) is 45.2 Å². The molecule has 0 bridgehead atoms. The number of likely N-dealkylation sites (tertiary alicyclic amines) is 1. The van der Waals surface area contributed by atoms with E-state index in [1.165, 1.54) is 6.08 Å². The van der Waals surface area contributed by atoms with Crippen molar-refractivity contribution in [3.63, 3.8) is 0 Å². The Bertz CT molecular complexity index is 713. The quantitative estimate of drug-likeness (QED) is 0.671. The highest BCUT2D eigenvalue weighted by Gasteiger charge is 2.26. The molecule has 0 radical (unpaired) electrons. The average molecular weight is 358 g/mol. The number of piperidine rings is 1. The molecule has 3 rings (SSSR count). The molecular weight excluding hydrogens is 338 g/mol. The third-order valence-electron chi connectivity index (χ3n) is 4.01. The van der Waals surface area contributed by atoms with Gasteiger partial charge in [0.1, 0.15) is 0 Å². The Hall–Kier alpha value is -2.05. The smallest absolute Gasteiger partial charge is 0.250 e. The van der Waals surface area contributed by atoms with E-state index >= 15 is 0 Å². The van der Waals surface area contributed by atoms with Crippen LogP contribution in [-0.2, 0) is 4.79 Å². The van der Waals surface area contributed by atoms with Crippen LogP contribution in [-0.4, -0.2) is 27.4 Å². The van der Waals surface area contributed by atoms with E-state index in [-0.39, 0.29) is 11.9 Å². The molecule has 1 amide bonds. The van der Waals surface area contributed by atoms with E-state index in [1.807, 2.05) is 29.8 Å². The number of rotatable bonds is 3. The number of pyridine rings is 1. The summed E-state index contributed by atoms with van der Waals surface area (Å²) >= 11 is 7.08. The molecule has 1 atom stereocenters. The Balaban J connectivity index is 1.65. The zero-order chi connectivity index (χ0) is 16.8. The van der Waals surface area contributed by atoms with Gasteiger partial charge in [-0.05, 0) is 60.6 Å². The summed E-state index contributed by atoms with van der Waals surface area (Å²) < 4.78 is 0. The summed E-state index contributed by atoms with van der Waals surface area (Å²) in [6, 6.07) is 8.11. The second-order valence-corrected chi connectivity index (χ2v) is 7.00. The van der Waals surface area contributed by atoms with E-state index in [0.29, 0.717) is 5.11 Å². The monoisotopic (exact) mass is 357 g/mol. The van der Waals surface area contributed by atoms with Gasteiger partial charge in [-0.1, -0.05) is 12.1 Å². The van der Waals surface area contributed by atoms with Crippen molar-refractivity contribution >= 4 is 40.7 Å². The van der Waals surface area contributed by atoms with Crippen LogP contribution in [0.2, 0.25) is 0 Å². The molecule has 2 aromatic rings. The Morgan fingerprint density at radius 3 is 3.04 bits per heavy atom. The highest BCUT2D eigenvalue weighted by Crippen LogP contribution is 2.30. The Morgan fingerprint density at radius 2 is 2.29 bits per heavy atom. The van der Waals surface area contributed by atoms with Crippen LogP contribution in [0.3, 0.4) is 0 Å². The lowest BCUT2D eigenvalue weighted by molar-refractivity contribution is -0.115. The maximum absolute atomic E-state index is 12.1. The fourth-order valence-electron chi connectivity index (χ4n) is 2.86. The summed E-state index contributed by atoms with van der Waals surface area (Å²) in [6.45, 7) is 0.854. The van der Waals surface area contributed by atoms with Crippen molar-refractivity contribution in [3.8, 4) is 0 Å². The van der Waals surface area contributed by atoms with Gasteiger partial charge in [0.05, 0.1) is 6.04 Å². The van der Waals surface area contributed by atoms with Gasteiger partial charge in [-0.15, -0.1) is 11.3 Å². The Kier molecular flexibility index (Phi) is 5.72. The fraction of sp³-hybridized carbons (Fsp3) is 0.278. The lowest BCUT2D eigenvalue weighted by atomic mass is 9.97. The first kappa shape index (κ1) is 16.8. The van der Waals surface area contributed by atoms with Crippen molar-refractivity contribution < 1.29 is 4.79 Å². The van der Waals surface area contributed by atoms with Crippen molar-refractivity contribution in [1.82, 2.24) is 15.2 Å². The molecule has 4 nitrogen and oxygen atoms in total. The molecule has 1 N–H and O–H groups in total. The number of carbonyl (C=O) groups is 1. The molecule has 1 saturated heterocycles. The normalized spacial score (nSPS) is 17.8. The van der Waals surface area contributed by atoms with Gasteiger partial charge in [-0.2, -0.15) is 0 Å². The van der Waals surface area contributed by atoms with Gasteiger partial charge in [0.2, 0.25) is 5.91 Å². The average Bonchev–Trinajstić information content (AvgIpc) is 3.14. The number of nitrogens with one attached hydrogen (secondary N) is 1. The van der Waals surface area contributed by atoms with E-state index in [9.17, 15) is 4.79 Å². The van der Waals surface area contributed by atoms with Crippen LogP contribution in [0, 0.1) is 0 Å². The van der Waals surface area contributed by atoms with Gasteiger partial charge in [-0.25, -0.2) is 0 Å². The first-order valence-electron chi connectivity index (χ1n) is 7.97. The molecule has 0 spiro atoms. The lowest BCUT2D eigenvalue weighted by Gasteiger charge is -2.37. The minimum atomic E-state index is -0.191. The largest absolute Gasteiger partial charge is 0.342 e. The van der Waals surface area contributed by atoms with Crippen molar-refractivity contribution in [1.29, 1.82) is 0 Å². The molecule has 0 saturated carbocycles. The minimum Gasteiger partial charge on any atom is -0.342 e. The maximum Gasteiger partial charge on any atom is 0.250 e. The van der Waals surface area contributed by atoms with Crippen molar-refractivity contribution in [2.75, 3.05) is 6.54 Å². The number of carbonyl (C=O) groups excluding carboxylic acids is 1. The second-order valence-electron chi connectivity index (χ2n) is 5.63. The SMILES string of the molecule is O=C(/C=C/c1cccs1)NC(=S)N1CCCCC1c1cccnc1. The molecule has 24 heavy (non-hydrogen) atoms. The van der Waals surface area contributed by atoms with Crippen LogP contribution in [0.25, 0.3) is 6.08 Å². The van der Waals surface area contributed by atoms with Gasteiger partial charge in [-0.3, -0.25) is 15.1 Å². The highest BCUT2D eigenvalue weighted by molar-refractivity contribution is 7.80. The van der Waals surface area contributed by atoms with E-state index in [4.69, 9.17) is 12.2 Å². The second kappa shape index (κ2) is 8.17. The first-order chi connectivity index (χ1) is 11.7. The number of hydrogen-bond donors (Lipinski definition) is 1. The number of hydrogen-bond acceptors (Lipinski definition) is 4. The number of thiophene rings is 1. The van der Waals surface area contributed by atoms with Crippen LogP contribution in [0.1, 0.15) is 35.7 Å². The van der Waals surface area contributed by atoms with Crippen LogP contribution in [0.15, 0.2) is 48.1 Å². The number of thiocarbonyl (C=S) groups is 1. The lowest BCUT2D eigenvalue weighted by Crippen LogP contribution is -2.46. The van der Waals surface area contributed by atoms with Gasteiger partial charge in [0, 0.05) is 29.9 Å². The van der Waals surface area contributed by atoms with E-state index < -0.39 is 0 Å². The van der Waals surface area contributed by atoms with Crippen LogP contribution < -0.4 is 5.32 Å². The van der Waals surface area contributed by atoms with Crippen LogP contribution >= 0.6 is 23.6 Å². The zero-order valence-corrected chi connectivity index (χ0v) is 14.9. The third kappa shape index (κ3) is 4.27. The molecule has 0 aromatic carbocycles. The summed E-state index contributed by atoms with van der Waals surface area (Å²) in [5, 5.41) is 5.30. The predicted molar refractivity (Wildman–Crippen MR) is 102 cm³/mol. The molecule has 1 unspecified atom stereocenters. The van der Waals surface area contributed by atoms with Crippen LogP contribution in [0.4, 0.5) is 0 Å². The number of nitrogens with zero attached hydrogens (tertiary/aromatic N) is 2. The molecule has 6 heteroatoms. The molecule has 1 aliphatic heterocycles. The van der Waals surface area contributed by atoms with E-state index in [1.54, 1.807) is 23.6 Å². The molecule has 3 heterocycles. The maximum atomic E-state index is 12.1. The summed E-state index contributed by atoms with van der Waals surface area (Å²) in [6.07, 6.45) is 10.2. The first-order valence-corrected chi connectivity index (χ1v) is 9.26. The summed E-state index contributed by atoms with van der Waals surface area (Å²) in [4.78, 5) is 19.5. The van der Waals surface area contributed by atoms with Crippen molar-refractivity contribution in [2.24, 2.45) is 0 Å². The molecule has 1 fully saturated rings. The standard InChI is InChI=1S/C18H19N3OS2/c22-17(9-8-15-6-4-12-24-15)20-18(23)21-11-2-1-7-16(21)14-5-3-10-19-13-14/h3-6,8-10,12-13,16H,1-2,7,11H2,(H,20,22,23)/b9-8+. The minimum absolute atomic E-state index is 0.182.